The van der Waals surface area contributed by atoms with Gasteiger partial charge < -0.3 is 0 Å². The van der Waals surface area contributed by atoms with Crippen molar-refractivity contribution < 1.29 is 0 Å². The van der Waals surface area contributed by atoms with Crippen LogP contribution in [0.25, 0.3) is 0 Å². The van der Waals surface area contributed by atoms with Crippen LogP contribution in [-0.4, -0.2) is 61.9 Å². The van der Waals surface area contributed by atoms with Gasteiger partial charge in [0.05, 0.1) is 0 Å². The molecule has 3 aromatic heterocycles. The number of rotatable bonds is 3. The normalized spacial score (nSPS) is 10.5. The Bertz CT molecular complexity index is 436. The molecule has 3 aromatic rings. The van der Waals surface area contributed by atoms with E-state index in [9.17, 15) is 0 Å². The van der Waals surface area contributed by atoms with Gasteiger partial charge in [-0.25, -0.2) is 4.90 Å². The number of nitrogens with zero attached hydrogens (tertiary/aromatic N) is 10. The van der Waals surface area contributed by atoms with E-state index in [0.717, 1.165) is 0 Å². The van der Waals surface area contributed by atoms with E-state index in [-0.39, 0.29) is 17.8 Å². The van der Waals surface area contributed by atoms with Crippen LogP contribution in [0.2, 0.25) is 0 Å². The molecule has 3 heterocycles. The van der Waals surface area contributed by atoms with Gasteiger partial charge in [0.2, 0.25) is 0 Å². The number of tetrazole rings is 3. The first kappa shape index (κ1) is 8.33. The first-order chi connectivity index (χ1) is 7.95. The lowest BCUT2D eigenvalue weighted by molar-refractivity contribution is 0.881. The van der Waals surface area contributed by atoms with Gasteiger partial charge in [0, 0.05) is 0 Å². The van der Waals surface area contributed by atoms with Crippen LogP contribution in [0.4, 0.5) is 17.8 Å². The van der Waals surface area contributed by atoms with E-state index in [0.29, 0.717) is 0 Å². The lowest BCUT2D eigenvalue weighted by Crippen LogP contribution is -2.15. The minimum atomic E-state index is 0.169. The zero-order valence-corrected chi connectivity index (χ0v) is 7.47. The highest BCUT2D eigenvalue weighted by atomic mass is 15.6. The van der Waals surface area contributed by atoms with E-state index in [1.165, 1.54) is 4.90 Å². The summed E-state index contributed by atoms with van der Waals surface area (Å²) in [4.78, 5) is 1.30. The van der Waals surface area contributed by atoms with Gasteiger partial charge in [-0.15, -0.1) is 15.3 Å². The van der Waals surface area contributed by atoms with Gasteiger partial charge in [0.25, 0.3) is 17.8 Å². The van der Waals surface area contributed by atoms with Gasteiger partial charge in [0.1, 0.15) is 0 Å². The van der Waals surface area contributed by atoms with Crippen LogP contribution in [0.15, 0.2) is 0 Å². The van der Waals surface area contributed by atoms with Crippen molar-refractivity contribution in [3.63, 3.8) is 0 Å². The fourth-order valence-electron chi connectivity index (χ4n) is 1.02. The van der Waals surface area contributed by atoms with Crippen LogP contribution in [-0.2, 0) is 0 Å². The predicted molar refractivity (Wildman–Crippen MR) is 44.3 cm³/mol. The van der Waals surface area contributed by atoms with Crippen molar-refractivity contribution >= 4 is 17.8 Å². The van der Waals surface area contributed by atoms with Crippen LogP contribution in [0.1, 0.15) is 0 Å². The molecule has 0 saturated carbocycles. The van der Waals surface area contributed by atoms with Gasteiger partial charge in [-0.1, -0.05) is 15.3 Å². The standard InChI is InChI=1S/C3H3N13/c4-1(5-11-10-4)16(2-6-12-13-7-2)3-8-14-15-9-3/h(H,4,5,10,11)(H,6,7,12,13)(H,8,9,14,15). The molecule has 0 fully saturated rings. The molecule has 13 nitrogen and oxygen atoms in total. The third kappa shape index (κ3) is 1.22. The quantitative estimate of drug-likeness (QED) is 0.437. The van der Waals surface area contributed by atoms with Crippen molar-refractivity contribution in [3.8, 4) is 0 Å². The largest absolute Gasteiger partial charge is 0.279 e. The topological polar surface area (TPSA) is 167 Å². The Hall–Kier alpha value is -2.99. The van der Waals surface area contributed by atoms with Crippen LogP contribution >= 0.6 is 0 Å². The van der Waals surface area contributed by atoms with Gasteiger partial charge >= 0.3 is 0 Å². The van der Waals surface area contributed by atoms with E-state index in [4.69, 9.17) is 0 Å². The second-order valence-electron chi connectivity index (χ2n) is 2.47. The van der Waals surface area contributed by atoms with Crippen molar-refractivity contribution in [1.29, 1.82) is 0 Å². The van der Waals surface area contributed by atoms with Gasteiger partial charge in [0.15, 0.2) is 0 Å². The maximum absolute atomic E-state index is 3.76. The molecule has 0 aromatic carbocycles. The van der Waals surface area contributed by atoms with Crippen LogP contribution in [0, 0.1) is 0 Å². The molecule has 0 bridgehead atoms. The number of anilines is 3. The number of H-pyrrole nitrogens is 3. The molecule has 16 heavy (non-hydrogen) atoms. The van der Waals surface area contributed by atoms with Crippen molar-refractivity contribution in [1.82, 2.24) is 61.9 Å². The molecule has 3 N–H and O–H groups in total. The second-order valence-corrected chi connectivity index (χ2v) is 2.47. The average Bonchev–Trinajstić information content (AvgIpc) is 3.02. The lowest BCUT2D eigenvalue weighted by atomic mass is 10.7. The Morgan fingerprint density at radius 2 is 1.00 bits per heavy atom. The van der Waals surface area contributed by atoms with Gasteiger partial charge in [-0.05, 0) is 15.6 Å². The number of aromatic amines is 3. The molecule has 0 aliphatic rings. The summed E-state index contributed by atoms with van der Waals surface area (Å²) in [6.07, 6.45) is 0. The summed E-state index contributed by atoms with van der Waals surface area (Å²) in [5, 5.41) is 39.7. The second kappa shape index (κ2) is 3.30. The molecule has 0 spiro atoms. The van der Waals surface area contributed by atoms with E-state index in [2.05, 4.69) is 61.9 Å². The molecular formula is C3H3N13. The van der Waals surface area contributed by atoms with Gasteiger partial charge in [-0.3, -0.25) is 0 Å². The number of nitrogens with one attached hydrogen (secondary N) is 3. The summed E-state index contributed by atoms with van der Waals surface area (Å²) in [5.41, 5.74) is 0. The Morgan fingerprint density at radius 1 is 0.625 bits per heavy atom. The SMILES string of the molecule is n1nc(N(c2nn[nH]n2)c2nn[nH]n2)n[nH]1. The minimum absolute atomic E-state index is 0.169. The van der Waals surface area contributed by atoms with Crippen molar-refractivity contribution in [2.24, 2.45) is 0 Å². The Kier molecular flexibility index (Phi) is 1.72. The molecule has 0 amide bonds. The molecule has 80 valence electrons. The fraction of sp³-hybridized carbons (Fsp3) is 0. The monoisotopic (exact) mass is 221 g/mol. The molecule has 0 saturated heterocycles. The smallest absolute Gasteiger partial charge is 0.205 e. The summed E-state index contributed by atoms with van der Waals surface area (Å²) in [5.74, 6) is 0.508. The zero-order valence-electron chi connectivity index (χ0n) is 7.47. The third-order valence-corrected chi connectivity index (χ3v) is 1.60. The fourth-order valence-corrected chi connectivity index (χ4v) is 1.02. The Balaban J connectivity index is 2.09. The van der Waals surface area contributed by atoms with Crippen LogP contribution in [0.3, 0.4) is 0 Å². The molecule has 3 rings (SSSR count). The third-order valence-electron chi connectivity index (χ3n) is 1.60. The minimum Gasteiger partial charge on any atom is -0.205 e. The molecule has 0 atom stereocenters. The van der Waals surface area contributed by atoms with E-state index in [1.807, 2.05) is 0 Å². The van der Waals surface area contributed by atoms with Crippen molar-refractivity contribution in [3.05, 3.63) is 0 Å². The molecule has 0 unspecified atom stereocenters. The number of hydrogen-bond acceptors (Lipinski definition) is 10. The molecule has 0 radical (unpaired) electrons. The van der Waals surface area contributed by atoms with E-state index in [1.54, 1.807) is 0 Å². The summed E-state index contributed by atoms with van der Waals surface area (Å²) in [7, 11) is 0. The maximum atomic E-state index is 3.76. The average molecular weight is 221 g/mol. The van der Waals surface area contributed by atoms with Crippen LogP contribution in [0.5, 0.6) is 0 Å². The highest BCUT2D eigenvalue weighted by Gasteiger charge is 2.23. The van der Waals surface area contributed by atoms with Crippen molar-refractivity contribution in [2.45, 2.75) is 0 Å². The highest BCUT2D eigenvalue weighted by Crippen LogP contribution is 2.22. The van der Waals surface area contributed by atoms with Gasteiger partial charge in [-0.2, -0.15) is 15.6 Å². The van der Waals surface area contributed by atoms with Crippen molar-refractivity contribution in [2.75, 3.05) is 4.90 Å². The number of aromatic nitrogens is 12. The molecule has 0 aliphatic carbocycles. The zero-order chi connectivity index (χ0) is 10.8. The van der Waals surface area contributed by atoms with E-state index >= 15 is 0 Å². The highest BCUT2D eigenvalue weighted by molar-refractivity contribution is 5.59. The first-order valence-corrected chi connectivity index (χ1v) is 3.95. The van der Waals surface area contributed by atoms with Crippen LogP contribution < -0.4 is 4.90 Å². The summed E-state index contributed by atoms with van der Waals surface area (Å²) < 4.78 is 0. The summed E-state index contributed by atoms with van der Waals surface area (Å²) in [6, 6.07) is 0. The summed E-state index contributed by atoms with van der Waals surface area (Å²) >= 11 is 0. The number of hydrogen-bond donors (Lipinski definition) is 3. The Labute approximate surface area is 85.6 Å². The Morgan fingerprint density at radius 3 is 1.25 bits per heavy atom. The summed E-state index contributed by atoms with van der Waals surface area (Å²) in [6.45, 7) is 0. The van der Waals surface area contributed by atoms with E-state index < -0.39 is 0 Å². The molecule has 13 heteroatoms. The predicted octanol–water partition coefficient (Wildman–Crippen LogP) is -2.30. The molecular weight excluding hydrogens is 218 g/mol. The first-order valence-electron chi connectivity index (χ1n) is 3.95. The molecule has 0 aliphatic heterocycles. The lowest BCUT2D eigenvalue weighted by Gasteiger charge is -2.08. The maximum Gasteiger partial charge on any atom is 0.279 e.